The largest absolute Gasteiger partial charge is 0.462 e. The number of carbonyl (C=O) groups is 2. The summed E-state index contributed by atoms with van der Waals surface area (Å²) in [7, 11) is 0. The number of fused-ring (bicyclic) bond motifs is 1. The quantitative estimate of drug-likeness (QED) is 0.843. The molecule has 2 aliphatic rings. The van der Waals surface area contributed by atoms with Gasteiger partial charge in [0.25, 0.3) is 0 Å². The van der Waals surface area contributed by atoms with Gasteiger partial charge in [0.05, 0.1) is 17.9 Å². The van der Waals surface area contributed by atoms with E-state index >= 15 is 0 Å². The molecule has 5 heteroatoms. The number of hydrogen-bond donors (Lipinski definition) is 1. The highest BCUT2D eigenvalue weighted by Crippen LogP contribution is 2.57. The molecule has 2 fully saturated rings. The van der Waals surface area contributed by atoms with Crippen molar-refractivity contribution in [3.8, 4) is 0 Å². The van der Waals surface area contributed by atoms with Crippen molar-refractivity contribution in [3.63, 3.8) is 0 Å². The number of hydrogen-bond acceptors (Lipinski definition) is 3. The Morgan fingerprint density at radius 2 is 2.05 bits per heavy atom. The molecule has 0 spiro atoms. The highest BCUT2D eigenvalue weighted by atomic mass is 79.9. The van der Waals surface area contributed by atoms with Crippen molar-refractivity contribution in [2.24, 2.45) is 17.8 Å². The van der Waals surface area contributed by atoms with Crippen LogP contribution in [-0.2, 0) is 9.53 Å². The minimum absolute atomic E-state index is 0.106. The van der Waals surface area contributed by atoms with Gasteiger partial charge in [-0.2, -0.15) is 0 Å². The van der Waals surface area contributed by atoms with Crippen LogP contribution in [0.3, 0.4) is 0 Å². The first-order valence-corrected chi connectivity index (χ1v) is 8.18. The lowest BCUT2D eigenvalue weighted by Gasteiger charge is -2.10. The fourth-order valence-corrected chi connectivity index (χ4v) is 3.86. The van der Waals surface area contributed by atoms with Gasteiger partial charge >= 0.3 is 5.97 Å². The monoisotopic (exact) mass is 351 g/mol. The van der Waals surface area contributed by atoms with Crippen LogP contribution in [0.1, 0.15) is 36.5 Å². The summed E-state index contributed by atoms with van der Waals surface area (Å²) in [6.07, 6.45) is 3.63. The Hall–Kier alpha value is -1.36. The van der Waals surface area contributed by atoms with Crippen LogP contribution in [0.4, 0.5) is 5.69 Å². The molecule has 0 aromatic heterocycles. The Labute approximate surface area is 132 Å². The topological polar surface area (TPSA) is 55.4 Å². The third-order valence-electron chi connectivity index (χ3n) is 4.45. The molecule has 0 heterocycles. The van der Waals surface area contributed by atoms with Gasteiger partial charge in [0.2, 0.25) is 5.91 Å². The zero-order valence-corrected chi connectivity index (χ0v) is 13.5. The van der Waals surface area contributed by atoms with Crippen molar-refractivity contribution < 1.29 is 14.3 Å². The molecule has 3 rings (SSSR count). The van der Waals surface area contributed by atoms with Gasteiger partial charge in [-0.25, -0.2) is 4.79 Å². The number of esters is 1. The van der Waals surface area contributed by atoms with Crippen LogP contribution in [0.25, 0.3) is 0 Å². The van der Waals surface area contributed by atoms with E-state index in [2.05, 4.69) is 21.2 Å². The normalized spacial score (nSPS) is 26.1. The van der Waals surface area contributed by atoms with Crippen LogP contribution in [0.15, 0.2) is 22.7 Å². The van der Waals surface area contributed by atoms with Gasteiger partial charge in [-0.15, -0.1) is 0 Å². The highest BCUT2D eigenvalue weighted by Gasteiger charge is 2.56. The van der Waals surface area contributed by atoms with E-state index in [0.29, 0.717) is 34.2 Å². The fourth-order valence-electron chi connectivity index (χ4n) is 3.38. The first-order valence-electron chi connectivity index (χ1n) is 7.39. The number of halogens is 1. The maximum atomic E-state index is 12.2. The number of benzene rings is 1. The van der Waals surface area contributed by atoms with E-state index in [1.165, 1.54) is 19.3 Å². The summed E-state index contributed by atoms with van der Waals surface area (Å²) >= 11 is 3.40. The van der Waals surface area contributed by atoms with Crippen molar-refractivity contribution in [1.82, 2.24) is 0 Å². The first-order chi connectivity index (χ1) is 10.1. The average Bonchev–Trinajstić information content (AvgIpc) is 2.95. The van der Waals surface area contributed by atoms with E-state index in [1.807, 2.05) is 0 Å². The summed E-state index contributed by atoms with van der Waals surface area (Å²) in [5.74, 6) is 1.14. The van der Waals surface area contributed by atoms with Crippen molar-refractivity contribution in [1.29, 1.82) is 0 Å². The fraction of sp³-hybridized carbons (Fsp3) is 0.500. The van der Waals surface area contributed by atoms with Crippen LogP contribution in [0.5, 0.6) is 0 Å². The van der Waals surface area contributed by atoms with E-state index in [1.54, 1.807) is 25.1 Å². The Morgan fingerprint density at radius 1 is 1.33 bits per heavy atom. The molecule has 2 aliphatic carbocycles. The molecule has 1 aromatic carbocycles. The number of ether oxygens (including phenoxy) is 1. The van der Waals surface area contributed by atoms with Gasteiger partial charge in [-0.1, -0.05) is 6.42 Å². The molecule has 4 nitrogen and oxygen atoms in total. The highest BCUT2D eigenvalue weighted by molar-refractivity contribution is 9.10. The minimum Gasteiger partial charge on any atom is -0.462 e. The number of nitrogens with one attached hydrogen (secondary N) is 1. The summed E-state index contributed by atoms with van der Waals surface area (Å²) in [4.78, 5) is 23.9. The Morgan fingerprint density at radius 3 is 2.67 bits per heavy atom. The van der Waals surface area contributed by atoms with Gasteiger partial charge in [0.15, 0.2) is 0 Å². The molecule has 2 atom stereocenters. The van der Waals surface area contributed by atoms with E-state index in [4.69, 9.17) is 4.74 Å². The van der Waals surface area contributed by atoms with E-state index in [9.17, 15) is 9.59 Å². The molecular formula is C16H18BrNO3. The molecular weight excluding hydrogens is 334 g/mol. The van der Waals surface area contributed by atoms with Gasteiger partial charge in [0.1, 0.15) is 0 Å². The second-order valence-corrected chi connectivity index (χ2v) is 6.54. The van der Waals surface area contributed by atoms with E-state index < -0.39 is 0 Å². The van der Waals surface area contributed by atoms with Crippen LogP contribution in [-0.4, -0.2) is 18.5 Å². The summed E-state index contributed by atoms with van der Waals surface area (Å²) in [6.45, 7) is 2.12. The smallest absolute Gasteiger partial charge is 0.338 e. The lowest BCUT2D eigenvalue weighted by Crippen LogP contribution is -2.17. The van der Waals surface area contributed by atoms with Crippen LogP contribution in [0, 0.1) is 17.8 Å². The van der Waals surface area contributed by atoms with Crippen molar-refractivity contribution >= 4 is 33.5 Å². The third kappa shape index (κ3) is 2.84. The molecule has 0 radical (unpaired) electrons. The standard InChI is InChI=1S/C16H18BrNO3/c1-2-21-16(20)9-6-7-13(12(17)8-9)18-15(19)14-10-4-3-5-11(10)14/h6-8,10-11,14H,2-5H2,1H3,(H,18,19). The molecule has 112 valence electrons. The van der Waals surface area contributed by atoms with Crippen molar-refractivity contribution in [2.75, 3.05) is 11.9 Å². The maximum absolute atomic E-state index is 12.2. The molecule has 1 aromatic rings. The zero-order chi connectivity index (χ0) is 15.0. The zero-order valence-electron chi connectivity index (χ0n) is 11.9. The molecule has 2 saturated carbocycles. The molecule has 0 bridgehead atoms. The predicted molar refractivity (Wildman–Crippen MR) is 83.0 cm³/mol. The number of amides is 1. The molecule has 1 amide bonds. The number of rotatable bonds is 4. The van der Waals surface area contributed by atoms with Gasteiger partial charge in [0, 0.05) is 10.4 Å². The van der Waals surface area contributed by atoms with Crippen LogP contribution in [0.2, 0.25) is 0 Å². The van der Waals surface area contributed by atoms with E-state index in [0.717, 1.165) is 0 Å². The average molecular weight is 352 g/mol. The molecule has 0 saturated heterocycles. The second-order valence-electron chi connectivity index (χ2n) is 5.69. The lowest BCUT2D eigenvalue weighted by molar-refractivity contribution is -0.118. The molecule has 0 aliphatic heterocycles. The summed E-state index contributed by atoms with van der Waals surface area (Å²) in [5.41, 5.74) is 1.18. The molecule has 2 unspecified atom stereocenters. The van der Waals surface area contributed by atoms with Gasteiger partial charge in [-0.05, 0) is 65.7 Å². The molecule has 1 N–H and O–H groups in total. The number of anilines is 1. The van der Waals surface area contributed by atoms with Crippen LogP contribution >= 0.6 is 15.9 Å². The number of carbonyl (C=O) groups excluding carboxylic acids is 2. The summed E-state index contributed by atoms with van der Waals surface area (Å²) in [5, 5.41) is 2.96. The summed E-state index contributed by atoms with van der Waals surface area (Å²) < 4.78 is 5.66. The first kappa shape index (κ1) is 14.6. The Bertz CT molecular complexity index is 577. The van der Waals surface area contributed by atoms with Gasteiger partial charge in [-0.3, -0.25) is 4.79 Å². The lowest BCUT2D eigenvalue weighted by atomic mass is 10.1. The predicted octanol–water partition coefficient (Wildman–Crippen LogP) is 3.61. The van der Waals surface area contributed by atoms with Crippen molar-refractivity contribution in [3.05, 3.63) is 28.2 Å². The minimum atomic E-state index is -0.354. The second kappa shape index (κ2) is 5.79. The summed E-state index contributed by atoms with van der Waals surface area (Å²) in [6, 6.07) is 5.10. The Balaban J connectivity index is 1.66. The SMILES string of the molecule is CCOC(=O)c1ccc(NC(=O)C2C3CCCC32)c(Br)c1. The Kier molecular flexibility index (Phi) is 4.02. The van der Waals surface area contributed by atoms with Gasteiger partial charge < -0.3 is 10.1 Å². The van der Waals surface area contributed by atoms with Crippen molar-refractivity contribution in [2.45, 2.75) is 26.2 Å². The molecule has 21 heavy (non-hydrogen) atoms. The van der Waals surface area contributed by atoms with E-state index in [-0.39, 0.29) is 17.8 Å². The van der Waals surface area contributed by atoms with Crippen LogP contribution < -0.4 is 5.32 Å². The third-order valence-corrected chi connectivity index (χ3v) is 5.10. The maximum Gasteiger partial charge on any atom is 0.338 e.